The number of aliphatic hydroxyl groups excluding tert-OH is 1. The Kier molecular flexibility index (Phi) is 3.94. The molecule has 3 rings (SSSR count). The Bertz CT molecular complexity index is 725. The Hall–Kier alpha value is -1.84. The van der Waals surface area contributed by atoms with Crippen molar-refractivity contribution in [2.45, 2.75) is 30.8 Å². The number of β-amino-alcohol motifs (C(OH)–C–C–N with tert-alkyl or cyclic N) is 1. The minimum Gasteiger partial charge on any atom is -0.483 e. The highest BCUT2D eigenvalue weighted by molar-refractivity contribution is 7.89. The first-order valence-corrected chi connectivity index (χ1v) is 8.35. The van der Waals surface area contributed by atoms with Crippen LogP contribution in [0.2, 0.25) is 0 Å². The lowest BCUT2D eigenvalue weighted by molar-refractivity contribution is 0.0736. The van der Waals surface area contributed by atoms with Crippen LogP contribution >= 0.6 is 0 Å². The van der Waals surface area contributed by atoms with Crippen molar-refractivity contribution in [3.05, 3.63) is 30.8 Å². The van der Waals surface area contributed by atoms with E-state index < -0.39 is 22.2 Å². The molecular formula is C13H17N3O5S. The Morgan fingerprint density at radius 1 is 1.50 bits per heavy atom. The molecule has 0 aliphatic carbocycles. The van der Waals surface area contributed by atoms with Gasteiger partial charge in [-0.05, 0) is 19.1 Å². The van der Waals surface area contributed by atoms with Gasteiger partial charge in [-0.25, -0.2) is 8.42 Å². The summed E-state index contributed by atoms with van der Waals surface area (Å²) in [5.74, 6) is 0.503. The highest BCUT2D eigenvalue weighted by Gasteiger charge is 2.41. The van der Waals surface area contributed by atoms with E-state index in [1.807, 2.05) is 6.92 Å². The van der Waals surface area contributed by atoms with Crippen molar-refractivity contribution in [2.75, 3.05) is 13.1 Å². The number of sulfonamides is 1. The van der Waals surface area contributed by atoms with Crippen molar-refractivity contribution < 1.29 is 22.7 Å². The van der Waals surface area contributed by atoms with E-state index in [0.717, 1.165) is 4.31 Å². The van der Waals surface area contributed by atoms with Crippen LogP contribution in [0.1, 0.15) is 6.92 Å². The molecule has 3 heterocycles. The number of rotatable bonds is 5. The summed E-state index contributed by atoms with van der Waals surface area (Å²) in [6, 6.07) is 2.88. The van der Waals surface area contributed by atoms with E-state index in [1.165, 1.54) is 18.4 Å². The van der Waals surface area contributed by atoms with E-state index in [2.05, 4.69) is 5.10 Å². The average molecular weight is 327 g/mol. The molecule has 0 bridgehead atoms. The zero-order valence-electron chi connectivity index (χ0n) is 12.0. The Morgan fingerprint density at radius 3 is 2.95 bits per heavy atom. The van der Waals surface area contributed by atoms with Crippen LogP contribution in [0.25, 0.3) is 0 Å². The van der Waals surface area contributed by atoms with Crippen LogP contribution in [0.4, 0.5) is 0 Å². The van der Waals surface area contributed by atoms with Crippen molar-refractivity contribution in [3.63, 3.8) is 0 Å². The molecule has 120 valence electrons. The molecule has 0 spiro atoms. The molecule has 1 N–H and O–H groups in total. The molecule has 8 nitrogen and oxygen atoms in total. The molecule has 2 aromatic rings. The molecule has 1 fully saturated rings. The van der Waals surface area contributed by atoms with Gasteiger partial charge in [0, 0.05) is 13.1 Å². The molecular weight excluding hydrogens is 310 g/mol. The highest BCUT2D eigenvalue weighted by Crippen LogP contribution is 2.24. The summed E-state index contributed by atoms with van der Waals surface area (Å²) >= 11 is 0. The second-order valence-electron chi connectivity index (χ2n) is 5.01. The first-order valence-electron chi connectivity index (χ1n) is 6.91. The highest BCUT2D eigenvalue weighted by atomic mass is 32.2. The summed E-state index contributed by atoms with van der Waals surface area (Å²) in [6.45, 7) is 2.67. The molecule has 0 radical (unpaired) electrons. The molecule has 0 aromatic carbocycles. The summed E-state index contributed by atoms with van der Waals surface area (Å²) in [7, 11) is -3.75. The van der Waals surface area contributed by atoms with Gasteiger partial charge in [0.15, 0.2) is 5.75 Å². The van der Waals surface area contributed by atoms with Crippen molar-refractivity contribution in [1.82, 2.24) is 14.1 Å². The van der Waals surface area contributed by atoms with Crippen LogP contribution < -0.4 is 4.74 Å². The van der Waals surface area contributed by atoms with Gasteiger partial charge in [-0.15, -0.1) is 0 Å². The first kappa shape index (κ1) is 15.1. The molecule has 2 aromatic heterocycles. The van der Waals surface area contributed by atoms with Gasteiger partial charge in [-0.2, -0.15) is 9.40 Å². The molecule has 1 saturated heterocycles. The fourth-order valence-corrected chi connectivity index (χ4v) is 3.70. The fraction of sp³-hybridized carbons (Fsp3) is 0.462. The lowest BCUT2D eigenvalue weighted by Gasteiger charge is -2.15. The second-order valence-corrected chi connectivity index (χ2v) is 6.88. The number of hydrogen-bond acceptors (Lipinski definition) is 6. The van der Waals surface area contributed by atoms with Gasteiger partial charge < -0.3 is 14.3 Å². The SMILES string of the molecule is CCn1cc(O[C@@H]2CN(S(=O)(=O)c3ccco3)C[C@H]2O)cn1. The number of aliphatic hydroxyl groups is 1. The Morgan fingerprint density at radius 2 is 2.32 bits per heavy atom. The third-order valence-corrected chi connectivity index (χ3v) is 5.23. The fourth-order valence-electron chi connectivity index (χ4n) is 2.33. The van der Waals surface area contributed by atoms with E-state index in [-0.39, 0.29) is 18.2 Å². The van der Waals surface area contributed by atoms with Crippen LogP contribution in [0, 0.1) is 0 Å². The summed E-state index contributed by atoms with van der Waals surface area (Å²) in [4.78, 5) is 0. The van der Waals surface area contributed by atoms with Crippen LogP contribution in [-0.4, -0.2) is 52.9 Å². The molecule has 22 heavy (non-hydrogen) atoms. The number of furan rings is 1. The molecule has 0 saturated carbocycles. The normalized spacial score (nSPS) is 23.0. The summed E-state index contributed by atoms with van der Waals surface area (Å²) in [6.07, 6.45) is 3.00. The van der Waals surface area contributed by atoms with Crippen molar-refractivity contribution >= 4 is 10.0 Å². The lowest BCUT2D eigenvalue weighted by atomic mass is 10.3. The monoisotopic (exact) mass is 327 g/mol. The summed E-state index contributed by atoms with van der Waals surface area (Å²) < 4.78 is 38.1. The predicted molar refractivity (Wildman–Crippen MR) is 75.8 cm³/mol. The molecule has 0 amide bonds. The van der Waals surface area contributed by atoms with E-state index >= 15 is 0 Å². The Labute approximate surface area is 128 Å². The number of ether oxygens (including phenoxy) is 1. The van der Waals surface area contributed by atoms with Gasteiger partial charge in [0.25, 0.3) is 10.0 Å². The maximum Gasteiger partial charge on any atom is 0.276 e. The lowest BCUT2D eigenvalue weighted by Crippen LogP contribution is -2.31. The standard InChI is InChI=1S/C13H17N3O5S/c1-2-15-7-10(6-14-15)21-12-9-16(8-11(12)17)22(18,19)13-4-3-5-20-13/h3-7,11-12,17H,2,8-9H2,1H3/t11-,12-/m1/s1. The van der Waals surface area contributed by atoms with Crippen molar-refractivity contribution in [1.29, 1.82) is 0 Å². The first-order chi connectivity index (χ1) is 10.5. The van der Waals surface area contributed by atoms with Gasteiger partial charge >= 0.3 is 0 Å². The van der Waals surface area contributed by atoms with Gasteiger partial charge in [0.1, 0.15) is 12.2 Å². The largest absolute Gasteiger partial charge is 0.483 e. The zero-order chi connectivity index (χ0) is 15.7. The minimum absolute atomic E-state index is 0.0321. The van der Waals surface area contributed by atoms with E-state index in [9.17, 15) is 13.5 Å². The number of aromatic nitrogens is 2. The van der Waals surface area contributed by atoms with Crippen LogP contribution in [0.5, 0.6) is 5.75 Å². The topological polar surface area (TPSA) is 97.8 Å². The molecule has 2 atom stereocenters. The third kappa shape index (κ3) is 2.74. The third-order valence-electron chi connectivity index (χ3n) is 3.51. The maximum atomic E-state index is 12.3. The van der Waals surface area contributed by atoms with Gasteiger partial charge in [0.2, 0.25) is 5.09 Å². The maximum absolute atomic E-state index is 12.3. The molecule has 9 heteroatoms. The zero-order valence-corrected chi connectivity index (χ0v) is 12.8. The quantitative estimate of drug-likeness (QED) is 0.849. The van der Waals surface area contributed by atoms with Crippen molar-refractivity contribution in [3.8, 4) is 5.75 Å². The Balaban J connectivity index is 1.72. The number of hydrogen-bond donors (Lipinski definition) is 1. The van der Waals surface area contributed by atoms with Gasteiger partial charge in [-0.3, -0.25) is 4.68 Å². The molecule has 0 unspecified atom stereocenters. The van der Waals surface area contributed by atoms with E-state index in [1.54, 1.807) is 17.1 Å². The average Bonchev–Trinajstić information content (AvgIpc) is 3.21. The number of nitrogens with zero attached hydrogens (tertiary/aromatic N) is 3. The van der Waals surface area contributed by atoms with Crippen LogP contribution in [0.3, 0.4) is 0 Å². The van der Waals surface area contributed by atoms with Crippen LogP contribution in [0.15, 0.2) is 40.3 Å². The van der Waals surface area contributed by atoms with Gasteiger partial charge in [-0.1, -0.05) is 0 Å². The minimum atomic E-state index is -3.75. The molecule has 1 aliphatic rings. The smallest absolute Gasteiger partial charge is 0.276 e. The van der Waals surface area contributed by atoms with Crippen LogP contribution in [-0.2, 0) is 16.6 Å². The summed E-state index contributed by atoms with van der Waals surface area (Å²) in [5, 5.41) is 14.0. The number of aryl methyl sites for hydroxylation is 1. The second kappa shape index (κ2) is 5.75. The molecule has 1 aliphatic heterocycles. The van der Waals surface area contributed by atoms with E-state index in [0.29, 0.717) is 12.3 Å². The summed E-state index contributed by atoms with van der Waals surface area (Å²) in [5.41, 5.74) is 0. The predicted octanol–water partition coefficient (Wildman–Crippen LogP) is 0.309. The van der Waals surface area contributed by atoms with Crippen molar-refractivity contribution in [2.24, 2.45) is 0 Å². The van der Waals surface area contributed by atoms with E-state index in [4.69, 9.17) is 9.15 Å². The van der Waals surface area contributed by atoms with Gasteiger partial charge in [0.05, 0.1) is 25.2 Å².